The second-order valence-corrected chi connectivity index (χ2v) is 4.38. The van der Waals surface area contributed by atoms with Gasteiger partial charge in [0.25, 0.3) is 5.56 Å². The van der Waals surface area contributed by atoms with E-state index in [9.17, 15) is 9.59 Å². The summed E-state index contributed by atoms with van der Waals surface area (Å²) in [5.41, 5.74) is 0.337. The molecule has 0 radical (unpaired) electrons. The smallest absolute Gasteiger partial charge is 0.269 e. The lowest BCUT2D eigenvalue weighted by Gasteiger charge is -2.10. The molecular weight excluding hydrogens is 248 g/mol. The summed E-state index contributed by atoms with van der Waals surface area (Å²) in [6.07, 6.45) is 1.53. The highest BCUT2D eigenvalue weighted by atomic mass is 16.5. The molecule has 106 valence electrons. The molecule has 1 rings (SSSR count). The molecule has 0 aliphatic carbocycles. The monoisotopic (exact) mass is 268 g/mol. The van der Waals surface area contributed by atoms with Crippen molar-refractivity contribution in [1.29, 1.82) is 0 Å². The van der Waals surface area contributed by atoms with E-state index >= 15 is 0 Å². The van der Waals surface area contributed by atoms with Crippen LogP contribution in [0.5, 0.6) is 0 Å². The predicted molar refractivity (Wildman–Crippen MR) is 72.1 cm³/mol. The number of anilines is 1. The molecule has 7 heteroatoms. The van der Waals surface area contributed by atoms with Crippen molar-refractivity contribution in [1.82, 2.24) is 15.1 Å². The Morgan fingerprint density at radius 1 is 1.53 bits per heavy atom. The fraction of sp³-hybridized carbons (Fsp3) is 0.583. The van der Waals surface area contributed by atoms with Crippen molar-refractivity contribution in [2.75, 3.05) is 25.6 Å². The Bertz CT molecular complexity index is 470. The Hall–Kier alpha value is -1.89. The standard InChI is InChI=1S/C12H20N4O3/c1-9(2)15-10-6-12(18)16(14-7-10)8-11(17)13-4-5-19-3/h6-7,9,15H,4-5,8H2,1-3H3,(H,13,17). The van der Waals surface area contributed by atoms with Gasteiger partial charge in [0.05, 0.1) is 18.5 Å². The van der Waals surface area contributed by atoms with Gasteiger partial charge < -0.3 is 15.4 Å². The van der Waals surface area contributed by atoms with E-state index < -0.39 is 0 Å². The second kappa shape index (κ2) is 7.52. The Balaban J connectivity index is 2.59. The highest BCUT2D eigenvalue weighted by Crippen LogP contribution is 2.01. The molecule has 0 spiro atoms. The molecule has 19 heavy (non-hydrogen) atoms. The van der Waals surface area contributed by atoms with Crippen LogP contribution in [-0.2, 0) is 16.1 Å². The molecule has 0 saturated carbocycles. The molecule has 0 bridgehead atoms. The second-order valence-electron chi connectivity index (χ2n) is 4.38. The number of methoxy groups -OCH3 is 1. The average molecular weight is 268 g/mol. The minimum Gasteiger partial charge on any atom is -0.383 e. The number of carbonyl (C=O) groups excluding carboxylic acids is 1. The van der Waals surface area contributed by atoms with Crippen LogP contribution in [0.4, 0.5) is 5.69 Å². The summed E-state index contributed by atoms with van der Waals surface area (Å²) in [4.78, 5) is 23.3. The SMILES string of the molecule is COCCNC(=O)Cn1ncc(NC(C)C)cc1=O. The zero-order valence-electron chi connectivity index (χ0n) is 11.5. The van der Waals surface area contributed by atoms with Crippen LogP contribution >= 0.6 is 0 Å². The molecule has 0 atom stereocenters. The summed E-state index contributed by atoms with van der Waals surface area (Å²) in [6.45, 7) is 4.69. The summed E-state index contributed by atoms with van der Waals surface area (Å²) >= 11 is 0. The first-order chi connectivity index (χ1) is 9.02. The van der Waals surface area contributed by atoms with Crippen molar-refractivity contribution in [3.63, 3.8) is 0 Å². The van der Waals surface area contributed by atoms with Crippen LogP contribution < -0.4 is 16.2 Å². The zero-order valence-corrected chi connectivity index (χ0v) is 11.5. The molecule has 0 fully saturated rings. The highest BCUT2D eigenvalue weighted by Gasteiger charge is 2.06. The predicted octanol–water partition coefficient (Wildman–Crippen LogP) is -0.174. The third-order valence-corrected chi connectivity index (χ3v) is 2.25. The fourth-order valence-corrected chi connectivity index (χ4v) is 1.45. The van der Waals surface area contributed by atoms with Gasteiger partial charge in [-0.1, -0.05) is 0 Å². The fourth-order valence-electron chi connectivity index (χ4n) is 1.45. The van der Waals surface area contributed by atoms with Crippen LogP contribution in [-0.4, -0.2) is 42.0 Å². The first kappa shape index (κ1) is 15.2. The van der Waals surface area contributed by atoms with Crippen LogP contribution in [0, 0.1) is 0 Å². The molecule has 1 aromatic rings. The topological polar surface area (TPSA) is 85.2 Å². The maximum atomic E-state index is 11.7. The van der Waals surface area contributed by atoms with Gasteiger partial charge in [-0.3, -0.25) is 9.59 Å². The molecule has 0 aliphatic heterocycles. The van der Waals surface area contributed by atoms with E-state index in [1.54, 1.807) is 7.11 Å². The summed E-state index contributed by atoms with van der Waals surface area (Å²) in [5.74, 6) is -0.267. The van der Waals surface area contributed by atoms with Gasteiger partial charge in [-0.25, -0.2) is 4.68 Å². The number of aromatic nitrogens is 2. The number of nitrogens with zero attached hydrogens (tertiary/aromatic N) is 2. The lowest BCUT2D eigenvalue weighted by atomic mass is 10.3. The van der Waals surface area contributed by atoms with E-state index in [1.807, 2.05) is 13.8 Å². The van der Waals surface area contributed by atoms with E-state index in [4.69, 9.17) is 4.74 Å². The lowest BCUT2D eigenvalue weighted by molar-refractivity contribution is -0.122. The van der Waals surface area contributed by atoms with Gasteiger partial charge in [0.15, 0.2) is 0 Å². The number of hydrogen-bond donors (Lipinski definition) is 2. The van der Waals surface area contributed by atoms with Gasteiger partial charge >= 0.3 is 0 Å². The maximum Gasteiger partial charge on any atom is 0.269 e. The summed E-state index contributed by atoms with van der Waals surface area (Å²) in [6, 6.07) is 1.64. The van der Waals surface area contributed by atoms with Crippen molar-refractivity contribution in [2.45, 2.75) is 26.4 Å². The van der Waals surface area contributed by atoms with Gasteiger partial charge in [0.1, 0.15) is 6.54 Å². The third-order valence-electron chi connectivity index (χ3n) is 2.25. The van der Waals surface area contributed by atoms with Crippen LogP contribution in [0.3, 0.4) is 0 Å². The van der Waals surface area contributed by atoms with E-state index in [-0.39, 0.29) is 24.1 Å². The van der Waals surface area contributed by atoms with E-state index in [1.165, 1.54) is 12.3 Å². The number of amides is 1. The summed E-state index contributed by atoms with van der Waals surface area (Å²) in [5, 5.41) is 9.65. The molecule has 7 nitrogen and oxygen atoms in total. The Kier molecular flexibility index (Phi) is 6.01. The normalized spacial score (nSPS) is 10.5. The first-order valence-electron chi connectivity index (χ1n) is 6.12. The highest BCUT2D eigenvalue weighted by molar-refractivity contribution is 5.75. The van der Waals surface area contributed by atoms with Gasteiger partial charge in [-0.05, 0) is 13.8 Å². The van der Waals surface area contributed by atoms with Crippen molar-refractivity contribution >= 4 is 11.6 Å². The number of carbonyl (C=O) groups is 1. The van der Waals surface area contributed by atoms with Gasteiger partial charge in [-0.15, -0.1) is 0 Å². The number of nitrogens with one attached hydrogen (secondary N) is 2. The van der Waals surface area contributed by atoms with Crippen molar-refractivity contribution in [3.8, 4) is 0 Å². The molecule has 1 amide bonds. The Morgan fingerprint density at radius 2 is 2.26 bits per heavy atom. The zero-order chi connectivity index (χ0) is 14.3. The van der Waals surface area contributed by atoms with Crippen molar-refractivity contribution in [2.24, 2.45) is 0 Å². The molecular formula is C12H20N4O3. The molecule has 0 aliphatic rings. The number of hydrogen-bond acceptors (Lipinski definition) is 5. The molecule has 0 saturated heterocycles. The lowest BCUT2D eigenvalue weighted by Crippen LogP contribution is -2.35. The van der Waals surface area contributed by atoms with Crippen LogP contribution in [0.25, 0.3) is 0 Å². The summed E-state index contributed by atoms with van der Waals surface area (Å²) < 4.78 is 5.93. The van der Waals surface area contributed by atoms with Gasteiger partial charge in [-0.2, -0.15) is 5.10 Å². The minimum absolute atomic E-state index is 0.0928. The maximum absolute atomic E-state index is 11.7. The van der Waals surface area contributed by atoms with Crippen LogP contribution in [0.15, 0.2) is 17.1 Å². The van der Waals surface area contributed by atoms with E-state index in [2.05, 4.69) is 15.7 Å². The van der Waals surface area contributed by atoms with Crippen LogP contribution in [0.1, 0.15) is 13.8 Å². The molecule has 2 N–H and O–H groups in total. The van der Waals surface area contributed by atoms with Gasteiger partial charge in [0.2, 0.25) is 5.91 Å². The van der Waals surface area contributed by atoms with Crippen LogP contribution in [0.2, 0.25) is 0 Å². The molecule has 1 heterocycles. The Morgan fingerprint density at radius 3 is 2.84 bits per heavy atom. The van der Waals surface area contributed by atoms with Crippen molar-refractivity contribution in [3.05, 3.63) is 22.6 Å². The van der Waals surface area contributed by atoms with E-state index in [0.717, 1.165) is 4.68 Å². The largest absolute Gasteiger partial charge is 0.383 e. The number of rotatable bonds is 7. The van der Waals surface area contributed by atoms with Gasteiger partial charge in [0, 0.05) is 25.8 Å². The average Bonchev–Trinajstić information content (AvgIpc) is 2.32. The summed E-state index contributed by atoms with van der Waals surface area (Å²) in [7, 11) is 1.55. The third kappa shape index (κ3) is 5.52. The molecule has 0 unspecified atom stereocenters. The molecule has 0 aromatic carbocycles. The number of ether oxygens (including phenoxy) is 1. The Labute approximate surface area is 112 Å². The van der Waals surface area contributed by atoms with Crippen molar-refractivity contribution < 1.29 is 9.53 Å². The minimum atomic E-state index is -0.312. The first-order valence-corrected chi connectivity index (χ1v) is 6.12. The van der Waals surface area contributed by atoms with E-state index in [0.29, 0.717) is 18.8 Å². The quantitative estimate of drug-likeness (QED) is 0.670. The molecule has 1 aromatic heterocycles.